The topological polar surface area (TPSA) is 17.1 Å². The lowest BCUT2D eigenvalue weighted by atomic mass is 10.1. The lowest BCUT2D eigenvalue weighted by molar-refractivity contribution is 0.0996. The predicted molar refractivity (Wildman–Crippen MR) is 68.1 cm³/mol. The predicted octanol–water partition coefficient (Wildman–Crippen LogP) is 4.01. The maximum Gasteiger partial charge on any atom is 0.177 e. The Hall–Kier alpha value is -1.55. The summed E-state index contributed by atoms with van der Waals surface area (Å²) >= 11 is 1.45. The molecule has 2 aromatic rings. The fourth-order valence-corrected chi connectivity index (χ4v) is 2.52. The van der Waals surface area contributed by atoms with Crippen molar-refractivity contribution in [1.82, 2.24) is 0 Å². The molecular weight excluding hydrogens is 254 g/mol. The highest BCUT2D eigenvalue weighted by molar-refractivity contribution is 7.14. The minimum atomic E-state index is -0.916. The van der Waals surface area contributed by atoms with Gasteiger partial charge in [0.25, 0.3) is 0 Å². The van der Waals surface area contributed by atoms with Crippen molar-refractivity contribution in [1.29, 1.82) is 0 Å². The van der Waals surface area contributed by atoms with E-state index >= 15 is 0 Å². The maximum absolute atomic E-state index is 13.0. The molecule has 0 N–H and O–H groups in total. The van der Waals surface area contributed by atoms with Gasteiger partial charge in [-0.3, -0.25) is 4.79 Å². The van der Waals surface area contributed by atoms with Crippen molar-refractivity contribution in [3.8, 4) is 0 Å². The minimum Gasteiger partial charge on any atom is -0.293 e. The Morgan fingerprint density at radius 2 is 1.94 bits per heavy atom. The second kappa shape index (κ2) is 5.40. The molecule has 1 aromatic carbocycles. The van der Waals surface area contributed by atoms with Gasteiger partial charge in [0, 0.05) is 11.3 Å². The van der Waals surface area contributed by atoms with Crippen LogP contribution in [-0.4, -0.2) is 5.78 Å². The van der Waals surface area contributed by atoms with E-state index in [0.717, 1.165) is 23.4 Å². The lowest BCUT2D eigenvalue weighted by Gasteiger charge is -2.00. The Morgan fingerprint density at radius 1 is 1.17 bits per heavy atom. The summed E-state index contributed by atoms with van der Waals surface area (Å²) < 4.78 is 25.8. The first-order valence-electron chi connectivity index (χ1n) is 5.66. The number of thiophene rings is 1. The summed E-state index contributed by atoms with van der Waals surface area (Å²) in [7, 11) is 0. The number of hydrogen-bond donors (Lipinski definition) is 0. The highest BCUT2D eigenvalue weighted by Gasteiger charge is 2.11. The van der Waals surface area contributed by atoms with Gasteiger partial charge in [-0.15, -0.1) is 11.3 Å². The SMILES string of the molecule is CCc1ccc(C(=O)Cc2ccc(F)c(F)c2)s1. The van der Waals surface area contributed by atoms with Crippen molar-refractivity contribution in [2.75, 3.05) is 0 Å². The van der Waals surface area contributed by atoms with Crippen LogP contribution in [-0.2, 0) is 12.8 Å². The van der Waals surface area contributed by atoms with Crippen molar-refractivity contribution >= 4 is 17.1 Å². The van der Waals surface area contributed by atoms with E-state index in [2.05, 4.69) is 0 Å². The second-order valence-corrected chi connectivity index (χ2v) is 5.14. The molecule has 0 aliphatic carbocycles. The molecule has 4 heteroatoms. The van der Waals surface area contributed by atoms with E-state index in [1.54, 1.807) is 6.07 Å². The van der Waals surface area contributed by atoms with Crippen LogP contribution in [0.5, 0.6) is 0 Å². The van der Waals surface area contributed by atoms with Gasteiger partial charge >= 0.3 is 0 Å². The average Bonchev–Trinajstić information content (AvgIpc) is 2.82. The van der Waals surface area contributed by atoms with Crippen LogP contribution in [0.2, 0.25) is 0 Å². The molecule has 1 aromatic heterocycles. The molecule has 1 nitrogen and oxygen atoms in total. The van der Waals surface area contributed by atoms with Gasteiger partial charge in [0.05, 0.1) is 4.88 Å². The Bertz CT molecular complexity index is 575. The van der Waals surface area contributed by atoms with E-state index in [4.69, 9.17) is 0 Å². The molecule has 1 heterocycles. The van der Waals surface area contributed by atoms with Crippen LogP contribution < -0.4 is 0 Å². The summed E-state index contributed by atoms with van der Waals surface area (Å²) in [4.78, 5) is 13.7. The molecule has 18 heavy (non-hydrogen) atoms. The summed E-state index contributed by atoms with van der Waals surface area (Å²) in [6, 6.07) is 7.25. The zero-order valence-corrected chi connectivity index (χ0v) is 10.7. The minimum absolute atomic E-state index is 0.0642. The van der Waals surface area contributed by atoms with Crippen LogP contribution >= 0.6 is 11.3 Å². The van der Waals surface area contributed by atoms with E-state index in [1.165, 1.54) is 17.4 Å². The van der Waals surface area contributed by atoms with Crippen LogP contribution in [0.1, 0.15) is 27.0 Å². The summed E-state index contributed by atoms with van der Waals surface area (Å²) in [5, 5.41) is 0. The van der Waals surface area contributed by atoms with Gasteiger partial charge in [0.2, 0.25) is 0 Å². The first-order valence-corrected chi connectivity index (χ1v) is 6.47. The molecule has 0 fully saturated rings. The normalized spacial score (nSPS) is 10.6. The van der Waals surface area contributed by atoms with Gasteiger partial charge in [-0.2, -0.15) is 0 Å². The van der Waals surface area contributed by atoms with Crippen LogP contribution in [0.4, 0.5) is 8.78 Å². The molecule has 0 amide bonds. The number of benzene rings is 1. The number of rotatable bonds is 4. The first kappa shape index (κ1) is 12.9. The summed E-state index contributed by atoms with van der Waals surface area (Å²) in [5.74, 6) is -1.87. The average molecular weight is 266 g/mol. The maximum atomic E-state index is 13.0. The Balaban J connectivity index is 2.13. The molecule has 0 bridgehead atoms. The molecule has 0 atom stereocenters. The molecule has 0 saturated carbocycles. The third-order valence-electron chi connectivity index (χ3n) is 2.63. The third kappa shape index (κ3) is 2.82. The zero-order chi connectivity index (χ0) is 13.1. The van der Waals surface area contributed by atoms with Crippen molar-refractivity contribution in [3.05, 3.63) is 57.3 Å². The van der Waals surface area contributed by atoms with E-state index in [9.17, 15) is 13.6 Å². The smallest absolute Gasteiger partial charge is 0.177 e. The molecule has 0 saturated heterocycles. The molecule has 94 valence electrons. The van der Waals surface area contributed by atoms with E-state index in [-0.39, 0.29) is 12.2 Å². The number of carbonyl (C=O) groups is 1. The monoisotopic (exact) mass is 266 g/mol. The van der Waals surface area contributed by atoms with E-state index in [0.29, 0.717) is 10.4 Å². The molecule has 0 unspecified atom stereocenters. The number of ketones is 1. The Labute approximate surface area is 108 Å². The number of aryl methyl sites for hydroxylation is 1. The molecule has 0 spiro atoms. The van der Waals surface area contributed by atoms with E-state index in [1.807, 2.05) is 13.0 Å². The van der Waals surface area contributed by atoms with Crippen molar-refractivity contribution in [3.63, 3.8) is 0 Å². The largest absolute Gasteiger partial charge is 0.293 e. The van der Waals surface area contributed by atoms with Crippen LogP contribution in [0.3, 0.4) is 0 Å². The third-order valence-corrected chi connectivity index (χ3v) is 3.90. The molecule has 2 rings (SSSR count). The zero-order valence-electron chi connectivity index (χ0n) is 9.87. The van der Waals surface area contributed by atoms with Crippen molar-refractivity contribution in [2.45, 2.75) is 19.8 Å². The van der Waals surface area contributed by atoms with Crippen LogP contribution in [0.15, 0.2) is 30.3 Å². The van der Waals surface area contributed by atoms with Crippen molar-refractivity contribution < 1.29 is 13.6 Å². The summed E-state index contributed by atoms with van der Waals surface area (Å²) in [6.45, 7) is 2.02. The fraction of sp³-hybridized carbons (Fsp3) is 0.214. The molecule has 0 radical (unpaired) electrons. The van der Waals surface area contributed by atoms with Gasteiger partial charge in [-0.05, 0) is 36.2 Å². The van der Waals surface area contributed by atoms with Gasteiger partial charge < -0.3 is 0 Å². The number of carbonyl (C=O) groups excluding carboxylic acids is 1. The van der Waals surface area contributed by atoms with Crippen molar-refractivity contribution in [2.24, 2.45) is 0 Å². The van der Waals surface area contributed by atoms with Crippen LogP contribution in [0.25, 0.3) is 0 Å². The van der Waals surface area contributed by atoms with Gasteiger partial charge in [-0.1, -0.05) is 13.0 Å². The number of hydrogen-bond acceptors (Lipinski definition) is 2. The quantitative estimate of drug-likeness (QED) is 0.764. The standard InChI is InChI=1S/C14H12F2OS/c1-2-10-4-6-14(18-10)13(17)8-9-3-5-11(15)12(16)7-9/h3-7H,2,8H2,1H3. The Morgan fingerprint density at radius 3 is 2.56 bits per heavy atom. The lowest BCUT2D eigenvalue weighted by Crippen LogP contribution is -2.02. The van der Waals surface area contributed by atoms with Gasteiger partial charge in [0.15, 0.2) is 17.4 Å². The molecule has 0 aliphatic rings. The van der Waals surface area contributed by atoms with E-state index < -0.39 is 11.6 Å². The van der Waals surface area contributed by atoms with Gasteiger partial charge in [0.1, 0.15) is 0 Å². The summed E-state index contributed by atoms with van der Waals surface area (Å²) in [5.41, 5.74) is 0.491. The second-order valence-electron chi connectivity index (χ2n) is 3.97. The highest BCUT2D eigenvalue weighted by atomic mass is 32.1. The number of halogens is 2. The van der Waals surface area contributed by atoms with Gasteiger partial charge in [-0.25, -0.2) is 8.78 Å². The fourth-order valence-electron chi connectivity index (χ4n) is 1.64. The Kier molecular flexibility index (Phi) is 3.87. The molecule has 0 aliphatic heterocycles. The number of Topliss-reactive ketones (excluding diaryl/α,β-unsaturated/α-hetero) is 1. The molecular formula is C14H12F2OS. The summed E-state index contributed by atoms with van der Waals surface area (Å²) in [6.07, 6.45) is 0.990. The first-order chi connectivity index (χ1) is 8.60. The van der Waals surface area contributed by atoms with Crippen LogP contribution in [0, 0.1) is 11.6 Å². The highest BCUT2D eigenvalue weighted by Crippen LogP contribution is 2.19.